The fraction of sp³-hybridized carbons (Fsp3) is 0.273. The van der Waals surface area contributed by atoms with Crippen LogP contribution in [0.25, 0.3) is 0 Å². The molecule has 2 rings (SSSR count). The first-order valence-corrected chi connectivity index (χ1v) is 5.90. The number of aliphatic hydroxyl groups is 1. The van der Waals surface area contributed by atoms with E-state index in [0.29, 0.717) is 16.0 Å². The lowest BCUT2D eigenvalue weighted by atomic mass is 10.1. The first-order chi connectivity index (χ1) is 8.54. The molecule has 0 saturated heterocycles. The Kier molecular flexibility index (Phi) is 3.63. The maximum Gasteiger partial charge on any atom is 0.154 e. The van der Waals surface area contributed by atoms with Crippen LogP contribution in [-0.2, 0) is 7.05 Å². The van der Waals surface area contributed by atoms with Crippen molar-refractivity contribution in [1.29, 1.82) is 0 Å². The molecule has 7 heteroatoms. The number of hydrogen-bond donors (Lipinski definition) is 1. The van der Waals surface area contributed by atoms with Crippen LogP contribution in [0.4, 0.5) is 4.39 Å². The molecule has 0 aliphatic heterocycles. The molecule has 1 aromatic heterocycles. The lowest BCUT2D eigenvalue weighted by molar-refractivity contribution is 0.203. The molecule has 1 aromatic carbocycles. The third kappa shape index (κ3) is 2.23. The quantitative estimate of drug-likeness (QED) is 0.938. The fourth-order valence-electron chi connectivity index (χ4n) is 1.63. The first-order valence-electron chi connectivity index (χ1n) is 5.11. The zero-order valence-electron chi connectivity index (χ0n) is 9.76. The summed E-state index contributed by atoms with van der Waals surface area (Å²) in [6.07, 6.45) is -1.15. The molecule has 1 atom stereocenters. The van der Waals surface area contributed by atoms with Gasteiger partial charge in [0, 0.05) is 18.7 Å². The summed E-state index contributed by atoms with van der Waals surface area (Å²) >= 11 is 3.17. The summed E-state index contributed by atoms with van der Waals surface area (Å²) in [7, 11) is 3.07. The highest BCUT2D eigenvalue weighted by molar-refractivity contribution is 9.10. The van der Waals surface area contributed by atoms with Crippen LogP contribution in [0, 0.1) is 5.82 Å². The number of aliphatic hydroxyl groups excluding tert-OH is 1. The predicted molar refractivity (Wildman–Crippen MR) is 65.7 cm³/mol. The smallest absolute Gasteiger partial charge is 0.154 e. The fourth-order valence-corrected chi connectivity index (χ4v) is 2.18. The number of aromatic nitrogens is 3. The molecule has 5 nitrogen and oxygen atoms in total. The lowest BCUT2D eigenvalue weighted by Gasteiger charge is -2.13. The van der Waals surface area contributed by atoms with E-state index in [-0.39, 0.29) is 5.56 Å². The minimum absolute atomic E-state index is 0.141. The van der Waals surface area contributed by atoms with Crippen molar-refractivity contribution < 1.29 is 14.2 Å². The lowest BCUT2D eigenvalue weighted by Crippen LogP contribution is -2.09. The summed E-state index contributed by atoms with van der Waals surface area (Å²) in [6, 6.07) is 4.27. The van der Waals surface area contributed by atoms with Crippen molar-refractivity contribution in [3.05, 3.63) is 39.9 Å². The largest absolute Gasteiger partial charge is 0.497 e. The number of ether oxygens (including phenoxy) is 1. The van der Waals surface area contributed by atoms with E-state index >= 15 is 0 Å². The summed E-state index contributed by atoms with van der Waals surface area (Å²) < 4.78 is 20.5. The van der Waals surface area contributed by atoms with Crippen LogP contribution < -0.4 is 4.74 Å². The molecular weight excluding hydrogens is 305 g/mol. The zero-order chi connectivity index (χ0) is 13.3. The molecule has 0 saturated carbocycles. The maximum absolute atomic E-state index is 13.8. The van der Waals surface area contributed by atoms with Crippen molar-refractivity contribution in [3.63, 3.8) is 0 Å². The normalized spacial score (nSPS) is 12.5. The number of nitrogens with zero attached hydrogens (tertiary/aromatic N) is 3. The topological polar surface area (TPSA) is 60.2 Å². The van der Waals surface area contributed by atoms with Gasteiger partial charge >= 0.3 is 0 Å². The molecule has 1 unspecified atom stereocenters. The monoisotopic (exact) mass is 315 g/mol. The summed E-state index contributed by atoms with van der Waals surface area (Å²) in [5.74, 6) is -0.152. The Labute approximate surface area is 111 Å². The van der Waals surface area contributed by atoms with E-state index < -0.39 is 11.9 Å². The Morgan fingerprint density at radius 1 is 1.50 bits per heavy atom. The van der Waals surface area contributed by atoms with Crippen LogP contribution in [0.3, 0.4) is 0 Å². The van der Waals surface area contributed by atoms with E-state index in [2.05, 4.69) is 26.2 Å². The van der Waals surface area contributed by atoms with Crippen LogP contribution in [0.5, 0.6) is 5.75 Å². The molecule has 2 aromatic rings. The SMILES string of the molecule is COc1ccc(C(O)c2c(Br)nnn2C)c(F)c1. The Bertz CT molecular complexity index is 554. The van der Waals surface area contributed by atoms with E-state index in [1.165, 1.54) is 23.9 Å². The molecule has 0 bridgehead atoms. The highest BCUT2D eigenvalue weighted by Gasteiger charge is 2.22. The molecule has 1 N–H and O–H groups in total. The molecule has 96 valence electrons. The van der Waals surface area contributed by atoms with E-state index in [9.17, 15) is 9.50 Å². The molecule has 0 aliphatic carbocycles. The molecule has 0 amide bonds. The van der Waals surface area contributed by atoms with E-state index in [0.717, 1.165) is 0 Å². The van der Waals surface area contributed by atoms with Crippen molar-refractivity contribution in [2.75, 3.05) is 7.11 Å². The van der Waals surface area contributed by atoms with Gasteiger partial charge in [0.05, 0.1) is 7.11 Å². The second-order valence-corrected chi connectivity index (χ2v) is 4.43. The predicted octanol–water partition coefficient (Wildman–Crippen LogP) is 1.81. The van der Waals surface area contributed by atoms with Crippen molar-refractivity contribution in [1.82, 2.24) is 15.0 Å². The van der Waals surface area contributed by atoms with Gasteiger partial charge in [-0.1, -0.05) is 5.21 Å². The van der Waals surface area contributed by atoms with Gasteiger partial charge in [-0.05, 0) is 28.1 Å². The van der Waals surface area contributed by atoms with E-state index in [4.69, 9.17) is 4.74 Å². The number of hydrogen-bond acceptors (Lipinski definition) is 4. The molecule has 0 fully saturated rings. The minimum atomic E-state index is -1.15. The molecule has 1 heterocycles. The minimum Gasteiger partial charge on any atom is -0.497 e. The van der Waals surface area contributed by atoms with Gasteiger partial charge in [0.1, 0.15) is 23.4 Å². The Morgan fingerprint density at radius 2 is 2.22 bits per heavy atom. The van der Waals surface area contributed by atoms with Crippen LogP contribution in [0.1, 0.15) is 17.4 Å². The third-order valence-electron chi connectivity index (χ3n) is 2.59. The molecule has 0 spiro atoms. The van der Waals surface area contributed by atoms with Crippen LogP contribution >= 0.6 is 15.9 Å². The molecule has 0 aliphatic rings. The second-order valence-electron chi connectivity index (χ2n) is 3.68. The Balaban J connectivity index is 2.43. The van der Waals surface area contributed by atoms with Crippen molar-refractivity contribution >= 4 is 15.9 Å². The summed E-state index contributed by atoms with van der Waals surface area (Å²) in [5, 5.41) is 17.7. The van der Waals surface area contributed by atoms with Crippen LogP contribution in [0.15, 0.2) is 22.8 Å². The average molecular weight is 316 g/mol. The number of rotatable bonds is 3. The summed E-state index contributed by atoms with van der Waals surface area (Å²) in [4.78, 5) is 0. The third-order valence-corrected chi connectivity index (χ3v) is 3.15. The molecule has 0 radical (unpaired) electrons. The highest BCUT2D eigenvalue weighted by Crippen LogP contribution is 2.29. The Morgan fingerprint density at radius 3 is 2.72 bits per heavy atom. The van der Waals surface area contributed by atoms with E-state index in [1.807, 2.05) is 0 Å². The van der Waals surface area contributed by atoms with Crippen molar-refractivity contribution in [2.45, 2.75) is 6.10 Å². The van der Waals surface area contributed by atoms with Gasteiger partial charge in [0.25, 0.3) is 0 Å². The van der Waals surface area contributed by atoms with Crippen molar-refractivity contribution in [2.24, 2.45) is 7.05 Å². The summed E-state index contributed by atoms with van der Waals surface area (Å²) in [6.45, 7) is 0. The highest BCUT2D eigenvalue weighted by atomic mass is 79.9. The van der Waals surface area contributed by atoms with Crippen LogP contribution in [-0.4, -0.2) is 27.2 Å². The number of methoxy groups -OCH3 is 1. The van der Waals surface area contributed by atoms with Gasteiger partial charge in [-0.25, -0.2) is 9.07 Å². The standard InChI is InChI=1S/C11H11BrFN3O2/c1-16-9(11(12)14-15-16)10(17)7-4-3-6(18-2)5-8(7)13/h3-5,10,17H,1-2H3. The number of aryl methyl sites for hydroxylation is 1. The van der Waals surface area contributed by atoms with Gasteiger partial charge < -0.3 is 9.84 Å². The zero-order valence-corrected chi connectivity index (χ0v) is 11.3. The van der Waals surface area contributed by atoms with Crippen molar-refractivity contribution in [3.8, 4) is 5.75 Å². The first kappa shape index (κ1) is 13.0. The summed E-state index contributed by atoms with van der Waals surface area (Å²) in [5.41, 5.74) is 0.529. The maximum atomic E-state index is 13.8. The van der Waals surface area contributed by atoms with Crippen LogP contribution in [0.2, 0.25) is 0 Å². The second kappa shape index (κ2) is 5.03. The average Bonchev–Trinajstić information content (AvgIpc) is 2.68. The number of benzene rings is 1. The molecule has 18 heavy (non-hydrogen) atoms. The molecular formula is C11H11BrFN3O2. The van der Waals surface area contributed by atoms with Gasteiger partial charge in [0.15, 0.2) is 4.60 Å². The Hall–Kier alpha value is -1.47. The van der Waals surface area contributed by atoms with Gasteiger partial charge in [-0.2, -0.15) is 0 Å². The van der Waals surface area contributed by atoms with Gasteiger partial charge in [0.2, 0.25) is 0 Å². The van der Waals surface area contributed by atoms with Gasteiger partial charge in [-0.15, -0.1) is 5.10 Å². The number of halogens is 2. The van der Waals surface area contributed by atoms with E-state index in [1.54, 1.807) is 13.1 Å². The van der Waals surface area contributed by atoms with Gasteiger partial charge in [-0.3, -0.25) is 0 Å².